The van der Waals surface area contributed by atoms with Crippen LogP contribution in [-0.4, -0.2) is 26.4 Å². The van der Waals surface area contributed by atoms with Gasteiger partial charge >= 0.3 is 0 Å². The molecule has 112 valence electrons. The molecule has 0 aliphatic carbocycles. The highest BCUT2D eigenvalue weighted by atomic mass is 35.5. The van der Waals surface area contributed by atoms with Gasteiger partial charge in [-0.1, -0.05) is 6.07 Å². The van der Waals surface area contributed by atoms with Crippen molar-refractivity contribution in [2.75, 3.05) is 26.4 Å². The smallest absolute Gasteiger partial charge is 0.161 e. The monoisotopic (exact) mass is 298 g/mol. The summed E-state index contributed by atoms with van der Waals surface area (Å²) in [5.74, 6) is 2.04. The second kappa shape index (κ2) is 7.75. The molecule has 0 radical (unpaired) electrons. The second-order valence-corrected chi connectivity index (χ2v) is 5.39. The normalized spacial score (nSPS) is 17.8. The summed E-state index contributed by atoms with van der Waals surface area (Å²) in [4.78, 5) is 0. The predicted molar refractivity (Wildman–Crippen MR) is 80.9 cm³/mol. The summed E-state index contributed by atoms with van der Waals surface area (Å²) >= 11 is 6.63. The minimum Gasteiger partial charge on any atom is -0.490 e. The molecule has 1 heterocycles. The quantitative estimate of drug-likeness (QED) is 0.737. The van der Waals surface area contributed by atoms with Gasteiger partial charge in [-0.2, -0.15) is 0 Å². The number of hydrogen-bond donors (Lipinski definition) is 0. The van der Waals surface area contributed by atoms with E-state index in [1.807, 2.05) is 32.0 Å². The molecule has 0 spiro atoms. The molecule has 1 saturated heterocycles. The van der Waals surface area contributed by atoms with Crippen LogP contribution in [0.4, 0.5) is 0 Å². The molecule has 0 amide bonds. The highest BCUT2D eigenvalue weighted by Crippen LogP contribution is 2.39. The summed E-state index contributed by atoms with van der Waals surface area (Å²) in [5, 5.41) is 0.00813. The van der Waals surface area contributed by atoms with Crippen LogP contribution in [-0.2, 0) is 4.74 Å². The zero-order chi connectivity index (χ0) is 14.4. The van der Waals surface area contributed by atoms with Gasteiger partial charge in [0.15, 0.2) is 11.5 Å². The molecule has 1 aliphatic heterocycles. The van der Waals surface area contributed by atoms with E-state index in [2.05, 4.69) is 0 Å². The van der Waals surface area contributed by atoms with Gasteiger partial charge in [0.2, 0.25) is 0 Å². The molecular weight excluding hydrogens is 276 g/mol. The fraction of sp³-hybridized carbons (Fsp3) is 0.625. The maximum absolute atomic E-state index is 6.63. The van der Waals surface area contributed by atoms with Crippen LogP contribution in [0.1, 0.15) is 37.6 Å². The summed E-state index contributed by atoms with van der Waals surface area (Å²) in [6, 6.07) is 6.01. The molecule has 1 aromatic rings. The van der Waals surface area contributed by atoms with Crippen molar-refractivity contribution in [3.8, 4) is 11.5 Å². The summed E-state index contributed by atoms with van der Waals surface area (Å²) in [5.41, 5.74) is 1.10. The Hall–Kier alpha value is -0.930. The molecule has 0 bridgehead atoms. The summed E-state index contributed by atoms with van der Waals surface area (Å²) < 4.78 is 16.6. The van der Waals surface area contributed by atoms with Gasteiger partial charge < -0.3 is 14.2 Å². The van der Waals surface area contributed by atoms with Gasteiger partial charge in [0.25, 0.3) is 0 Å². The van der Waals surface area contributed by atoms with Crippen LogP contribution in [0.5, 0.6) is 11.5 Å². The van der Waals surface area contributed by atoms with Gasteiger partial charge in [0.1, 0.15) is 0 Å². The van der Waals surface area contributed by atoms with Crippen LogP contribution in [0.2, 0.25) is 0 Å². The third-order valence-electron chi connectivity index (χ3n) is 3.57. The van der Waals surface area contributed by atoms with Gasteiger partial charge in [0, 0.05) is 13.2 Å². The molecule has 1 atom stereocenters. The number of ether oxygens (including phenoxy) is 3. The molecule has 0 N–H and O–H groups in total. The van der Waals surface area contributed by atoms with Gasteiger partial charge in [-0.05, 0) is 50.3 Å². The lowest BCUT2D eigenvalue weighted by molar-refractivity contribution is 0.0650. The van der Waals surface area contributed by atoms with Crippen molar-refractivity contribution in [3.63, 3.8) is 0 Å². The fourth-order valence-corrected chi connectivity index (χ4v) is 2.91. The van der Waals surface area contributed by atoms with Gasteiger partial charge in [-0.25, -0.2) is 0 Å². The van der Waals surface area contributed by atoms with Crippen molar-refractivity contribution in [1.82, 2.24) is 0 Å². The van der Waals surface area contributed by atoms with Crippen LogP contribution in [0, 0.1) is 5.92 Å². The molecule has 4 heteroatoms. The lowest BCUT2D eigenvalue weighted by Crippen LogP contribution is -2.19. The van der Waals surface area contributed by atoms with E-state index in [1.54, 1.807) is 0 Å². The Kier molecular flexibility index (Phi) is 5.99. The van der Waals surface area contributed by atoms with E-state index in [-0.39, 0.29) is 5.38 Å². The molecule has 3 nitrogen and oxygen atoms in total. The van der Waals surface area contributed by atoms with Crippen molar-refractivity contribution in [3.05, 3.63) is 23.8 Å². The Morgan fingerprint density at radius 2 is 1.80 bits per heavy atom. The third-order valence-corrected chi connectivity index (χ3v) is 4.17. The maximum atomic E-state index is 6.63. The predicted octanol–water partition coefficient (Wildman–Crippen LogP) is 4.19. The van der Waals surface area contributed by atoms with Gasteiger partial charge in [-0.15, -0.1) is 11.6 Å². The van der Waals surface area contributed by atoms with E-state index in [0.717, 1.165) is 43.1 Å². The molecule has 1 aliphatic rings. The lowest BCUT2D eigenvalue weighted by atomic mass is 9.91. The van der Waals surface area contributed by atoms with Crippen LogP contribution >= 0.6 is 11.6 Å². The van der Waals surface area contributed by atoms with Crippen molar-refractivity contribution < 1.29 is 14.2 Å². The third kappa shape index (κ3) is 3.80. The molecule has 2 rings (SSSR count). The zero-order valence-corrected chi connectivity index (χ0v) is 13.0. The Bertz CT molecular complexity index is 416. The van der Waals surface area contributed by atoms with Gasteiger partial charge in [0.05, 0.1) is 18.6 Å². The first-order chi connectivity index (χ1) is 9.76. The minimum atomic E-state index is 0.00813. The van der Waals surface area contributed by atoms with E-state index < -0.39 is 0 Å². The molecule has 0 saturated carbocycles. The van der Waals surface area contributed by atoms with E-state index in [9.17, 15) is 0 Å². The highest BCUT2D eigenvalue weighted by molar-refractivity contribution is 6.21. The summed E-state index contributed by atoms with van der Waals surface area (Å²) in [7, 11) is 0. The van der Waals surface area contributed by atoms with E-state index in [4.69, 9.17) is 25.8 Å². The summed E-state index contributed by atoms with van der Waals surface area (Å²) in [6.45, 7) is 6.80. The topological polar surface area (TPSA) is 27.7 Å². The average molecular weight is 299 g/mol. The number of halogens is 1. The van der Waals surface area contributed by atoms with Crippen molar-refractivity contribution in [1.29, 1.82) is 0 Å². The van der Waals surface area contributed by atoms with Crippen molar-refractivity contribution in [2.45, 2.75) is 32.1 Å². The van der Waals surface area contributed by atoms with Crippen LogP contribution in [0.25, 0.3) is 0 Å². The SMILES string of the molecule is CCOc1ccc(C(Cl)C2CCOCC2)cc1OCC. The van der Waals surface area contributed by atoms with E-state index in [1.165, 1.54) is 0 Å². The first kappa shape index (κ1) is 15.5. The first-order valence-electron chi connectivity index (χ1n) is 7.37. The molecular formula is C16H23ClO3. The number of hydrogen-bond acceptors (Lipinski definition) is 3. The van der Waals surface area contributed by atoms with Crippen molar-refractivity contribution in [2.24, 2.45) is 5.92 Å². The minimum absolute atomic E-state index is 0.00813. The van der Waals surface area contributed by atoms with Crippen LogP contribution < -0.4 is 9.47 Å². The van der Waals surface area contributed by atoms with Crippen molar-refractivity contribution >= 4 is 11.6 Å². The summed E-state index contributed by atoms with van der Waals surface area (Å²) in [6.07, 6.45) is 2.04. The molecule has 1 aromatic carbocycles. The average Bonchev–Trinajstić information content (AvgIpc) is 2.50. The standard InChI is InChI=1S/C16H23ClO3/c1-3-19-14-6-5-13(11-15(14)20-4-2)16(17)12-7-9-18-10-8-12/h5-6,11-12,16H,3-4,7-10H2,1-2H3. The molecule has 1 fully saturated rings. The molecule has 0 aromatic heterocycles. The Morgan fingerprint density at radius 1 is 1.15 bits per heavy atom. The first-order valence-corrected chi connectivity index (χ1v) is 7.81. The molecule has 20 heavy (non-hydrogen) atoms. The zero-order valence-electron chi connectivity index (χ0n) is 12.2. The van der Waals surface area contributed by atoms with Gasteiger partial charge in [-0.3, -0.25) is 0 Å². The number of benzene rings is 1. The highest BCUT2D eigenvalue weighted by Gasteiger charge is 2.24. The Balaban J connectivity index is 2.16. The number of alkyl halides is 1. The lowest BCUT2D eigenvalue weighted by Gasteiger charge is -2.27. The fourth-order valence-electron chi connectivity index (χ4n) is 2.52. The Labute approximate surface area is 126 Å². The van der Waals surface area contributed by atoms with Crippen LogP contribution in [0.15, 0.2) is 18.2 Å². The largest absolute Gasteiger partial charge is 0.490 e. The van der Waals surface area contributed by atoms with E-state index in [0.29, 0.717) is 19.1 Å². The maximum Gasteiger partial charge on any atom is 0.161 e. The second-order valence-electron chi connectivity index (χ2n) is 4.92. The van der Waals surface area contributed by atoms with Crippen LogP contribution in [0.3, 0.4) is 0 Å². The molecule has 1 unspecified atom stereocenters. The number of rotatable bonds is 6. The van der Waals surface area contributed by atoms with E-state index >= 15 is 0 Å². The Morgan fingerprint density at radius 3 is 2.45 bits per heavy atom.